The van der Waals surface area contributed by atoms with Crippen LogP contribution in [0.5, 0.6) is 0 Å². The van der Waals surface area contributed by atoms with Gasteiger partial charge in [0.05, 0.1) is 12.0 Å². The fraction of sp³-hybridized carbons (Fsp3) is 0.533. The molecule has 1 amide bonds. The number of carbonyl (C=O) groups excluding carboxylic acids is 1. The van der Waals surface area contributed by atoms with Crippen LogP contribution in [0.3, 0.4) is 0 Å². The Morgan fingerprint density at radius 1 is 1.45 bits per heavy atom. The first kappa shape index (κ1) is 15.4. The summed E-state index contributed by atoms with van der Waals surface area (Å²) in [6.07, 6.45) is 0.846. The lowest BCUT2D eigenvalue weighted by atomic mass is 9.87. The van der Waals surface area contributed by atoms with Crippen molar-refractivity contribution in [3.63, 3.8) is 0 Å². The van der Waals surface area contributed by atoms with E-state index in [4.69, 9.17) is 4.74 Å². The molecule has 1 aromatic carbocycles. The maximum Gasteiger partial charge on any atom is 0.229 e. The SMILES string of the molecule is COCC1(C(=O)NCCSc2ccccc2)CCNC1. The van der Waals surface area contributed by atoms with E-state index in [-0.39, 0.29) is 11.3 Å². The van der Waals surface area contributed by atoms with Gasteiger partial charge in [-0.2, -0.15) is 0 Å². The van der Waals surface area contributed by atoms with Gasteiger partial charge < -0.3 is 15.4 Å². The highest BCUT2D eigenvalue weighted by Crippen LogP contribution is 2.26. The van der Waals surface area contributed by atoms with Crippen LogP contribution in [0.2, 0.25) is 0 Å². The molecule has 110 valence electrons. The zero-order chi connectivity index (χ0) is 14.3. The summed E-state index contributed by atoms with van der Waals surface area (Å²) in [6, 6.07) is 10.2. The molecule has 0 aliphatic carbocycles. The summed E-state index contributed by atoms with van der Waals surface area (Å²) in [5.74, 6) is 0.990. The topological polar surface area (TPSA) is 50.4 Å². The van der Waals surface area contributed by atoms with Gasteiger partial charge in [0, 0.05) is 30.8 Å². The van der Waals surface area contributed by atoms with Crippen molar-refractivity contribution >= 4 is 17.7 Å². The summed E-state index contributed by atoms with van der Waals surface area (Å²) in [4.78, 5) is 13.6. The van der Waals surface area contributed by atoms with E-state index in [0.717, 1.165) is 18.7 Å². The highest BCUT2D eigenvalue weighted by Gasteiger charge is 2.41. The molecule has 2 N–H and O–H groups in total. The Morgan fingerprint density at radius 2 is 2.25 bits per heavy atom. The Bertz CT molecular complexity index is 419. The van der Waals surface area contributed by atoms with Gasteiger partial charge in [0.15, 0.2) is 0 Å². The first-order valence-electron chi connectivity index (χ1n) is 6.93. The van der Waals surface area contributed by atoms with Crippen LogP contribution < -0.4 is 10.6 Å². The molecule has 1 aromatic rings. The van der Waals surface area contributed by atoms with Crippen LogP contribution in [0.15, 0.2) is 35.2 Å². The number of hydrogen-bond donors (Lipinski definition) is 2. The Labute approximate surface area is 124 Å². The molecule has 0 saturated carbocycles. The smallest absolute Gasteiger partial charge is 0.229 e. The second-order valence-corrected chi connectivity index (χ2v) is 6.23. The van der Waals surface area contributed by atoms with Crippen molar-refractivity contribution in [1.82, 2.24) is 10.6 Å². The van der Waals surface area contributed by atoms with Gasteiger partial charge in [-0.3, -0.25) is 4.79 Å². The first-order valence-corrected chi connectivity index (χ1v) is 7.91. The number of nitrogens with one attached hydrogen (secondary N) is 2. The fourth-order valence-electron chi connectivity index (χ4n) is 2.44. The van der Waals surface area contributed by atoms with E-state index in [9.17, 15) is 4.79 Å². The molecule has 2 rings (SSSR count). The van der Waals surface area contributed by atoms with E-state index in [1.807, 2.05) is 18.2 Å². The molecule has 1 saturated heterocycles. The van der Waals surface area contributed by atoms with Crippen LogP contribution in [0.4, 0.5) is 0 Å². The molecule has 0 aromatic heterocycles. The van der Waals surface area contributed by atoms with Gasteiger partial charge in [0.25, 0.3) is 0 Å². The van der Waals surface area contributed by atoms with E-state index < -0.39 is 0 Å². The van der Waals surface area contributed by atoms with Crippen molar-refractivity contribution in [2.45, 2.75) is 11.3 Å². The van der Waals surface area contributed by atoms with Gasteiger partial charge in [-0.1, -0.05) is 18.2 Å². The second-order valence-electron chi connectivity index (χ2n) is 5.06. The Kier molecular flexibility index (Phi) is 5.88. The fourth-order valence-corrected chi connectivity index (χ4v) is 3.23. The van der Waals surface area contributed by atoms with Crippen LogP contribution in [-0.2, 0) is 9.53 Å². The molecule has 1 atom stereocenters. The Balaban J connectivity index is 1.74. The van der Waals surface area contributed by atoms with Crippen molar-refractivity contribution < 1.29 is 9.53 Å². The minimum absolute atomic E-state index is 0.109. The Hall–Kier alpha value is -1.04. The average molecular weight is 294 g/mol. The van der Waals surface area contributed by atoms with Gasteiger partial charge in [-0.25, -0.2) is 0 Å². The third-order valence-corrected chi connectivity index (χ3v) is 4.56. The van der Waals surface area contributed by atoms with Gasteiger partial charge in [-0.15, -0.1) is 11.8 Å². The highest BCUT2D eigenvalue weighted by atomic mass is 32.2. The average Bonchev–Trinajstić information content (AvgIpc) is 2.95. The second kappa shape index (κ2) is 7.67. The number of carbonyl (C=O) groups is 1. The number of benzene rings is 1. The predicted octanol–water partition coefficient (Wildman–Crippen LogP) is 1.52. The van der Waals surface area contributed by atoms with Gasteiger partial charge in [0.2, 0.25) is 5.91 Å². The molecule has 1 aliphatic heterocycles. The minimum Gasteiger partial charge on any atom is -0.384 e. The number of hydrogen-bond acceptors (Lipinski definition) is 4. The molecule has 1 heterocycles. The molecule has 1 unspecified atom stereocenters. The van der Waals surface area contributed by atoms with Gasteiger partial charge in [0.1, 0.15) is 0 Å². The highest BCUT2D eigenvalue weighted by molar-refractivity contribution is 7.99. The molecule has 0 radical (unpaired) electrons. The van der Waals surface area contributed by atoms with E-state index in [2.05, 4.69) is 22.8 Å². The molecule has 0 bridgehead atoms. The maximum absolute atomic E-state index is 12.3. The van der Waals surface area contributed by atoms with Crippen LogP contribution in [0.25, 0.3) is 0 Å². The van der Waals surface area contributed by atoms with Gasteiger partial charge >= 0.3 is 0 Å². The van der Waals surface area contributed by atoms with E-state index in [1.165, 1.54) is 4.90 Å². The summed E-state index contributed by atoms with van der Waals surface area (Å²) < 4.78 is 5.22. The van der Waals surface area contributed by atoms with Crippen molar-refractivity contribution in [2.75, 3.05) is 39.1 Å². The third kappa shape index (κ3) is 3.98. The lowest BCUT2D eigenvalue weighted by molar-refractivity contribution is -0.132. The van der Waals surface area contributed by atoms with Crippen molar-refractivity contribution in [1.29, 1.82) is 0 Å². The van der Waals surface area contributed by atoms with Crippen LogP contribution in [-0.4, -0.2) is 45.0 Å². The van der Waals surface area contributed by atoms with Crippen molar-refractivity contribution in [3.8, 4) is 0 Å². The van der Waals surface area contributed by atoms with E-state index >= 15 is 0 Å². The molecular weight excluding hydrogens is 272 g/mol. The summed E-state index contributed by atoms with van der Waals surface area (Å²) in [5, 5.41) is 6.29. The number of ether oxygens (including phenoxy) is 1. The van der Waals surface area contributed by atoms with Crippen molar-refractivity contribution in [2.24, 2.45) is 5.41 Å². The largest absolute Gasteiger partial charge is 0.384 e. The van der Waals surface area contributed by atoms with E-state index in [0.29, 0.717) is 19.7 Å². The zero-order valence-corrected chi connectivity index (χ0v) is 12.7. The van der Waals surface area contributed by atoms with Crippen LogP contribution in [0.1, 0.15) is 6.42 Å². The van der Waals surface area contributed by atoms with Gasteiger partial charge in [-0.05, 0) is 25.1 Å². The quantitative estimate of drug-likeness (QED) is 0.591. The van der Waals surface area contributed by atoms with E-state index in [1.54, 1.807) is 18.9 Å². The normalized spacial score (nSPS) is 21.9. The standard InChI is InChI=1S/C15H22N2O2S/c1-19-12-15(7-8-16-11-15)14(18)17-9-10-20-13-5-3-2-4-6-13/h2-6,16H,7-12H2,1H3,(H,17,18). The minimum atomic E-state index is -0.383. The van der Waals surface area contributed by atoms with Crippen LogP contribution in [0, 0.1) is 5.41 Å². The monoisotopic (exact) mass is 294 g/mol. The summed E-state index contributed by atoms with van der Waals surface area (Å²) in [6.45, 7) is 2.76. The third-order valence-electron chi connectivity index (χ3n) is 3.55. The Morgan fingerprint density at radius 3 is 2.90 bits per heavy atom. The molecule has 1 aliphatic rings. The van der Waals surface area contributed by atoms with Crippen molar-refractivity contribution in [3.05, 3.63) is 30.3 Å². The summed E-state index contributed by atoms with van der Waals surface area (Å²) in [5.41, 5.74) is -0.383. The molecule has 1 fully saturated rings. The lowest BCUT2D eigenvalue weighted by Crippen LogP contribution is -2.46. The number of amides is 1. The predicted molar refractivity (Wildman–Crippen MR) is 82.0 cm³/mol. The maximum atomic E-state index is 12.3. The number of thioether (sulfide) groups is 1. The first-order chi connectivity index (χ1) is 9.77. The molecule has 0 spiro atoms. The number of rotatable bonds is 7. The molecule has 20 heavy (non-hydrogen) atoms. The summed E-state index contributed by atoms with van der Waals surface area (Å²) >= 11 is 1.76. The molecule has 5 heteroatoms. The van der Waals surface area contributed by atoms with Crippen LogP contribution >= 0.6 is 11.8 Å². The molecular formula is C15H22N2O2S. The molecule has 4 nitrogen and oxygen atoms in total. The zero-order valence-electron chi connectivity index (χ0n) is 11.9. The number of methoxy groups -OCH3 is 1. The lowest BCUT2D eigenvalue weighted by Gasteiger charge is -2.25. The summed E-state index contributed by atoms with van der Waals surface area (Å²) in [7, 11) is 1.65.